The van der Waals surface area contributed by atoms with Gasteiger partial charge in [0.1, 0.15) is 0 Å². The molecule has 90 valence electrons. The normalized spacial score (nSPS) is 12.8. The Bertz CT molecular complexity index is 349. The Labute approximate surface area is 94.2 Å². The molecule has 1 rings (SSSR count). The first-order chi connectivity index (χ1) is 7.54. The van der Waals surface area contributed by atoms with Crippen molar-refractivity contribution in [2.75, 3.05) is 6.61 Å². The molecule has 1 atom stereocenters. The minimum Gasteiger partial charge on any atom is -0.460 e. The molecule has 1 aromatic rings. The molecule has 1 aromatic heterocycles. The first-order valence-electron chi connectivity index (χ1n) is 5.30. The summed E-state index contributed by atoms with van der Waals surface area (Å²) in [7, 11) is 0. The molecule has 0 bridgehead atoms. The van der Waals surface area contributed by atoms with Gasteiger partial charge >= 0.3 is 5.97 Å². The lowest BCUT2D eigenvalue weighted by molar-refractivity contribution is 0.0508. The number of ether oxygens (including phenoxy) is 1. The molecule has 0 aliphatic heterocycles. The summed E-state index contributed by atoms with van der Waals surface area (Å²) in [6, 6.07) is -0.337. The van der Waals surface area contributed by atoms with Gasteiger partial charge in [-0.3, -0.25) is 0 Å². The van der Waals surface area contributed by atoms with Crippen LogP contribution in [0.5, 0.6) is 0 Å². The zero-order valence-electron chi connectivity index (χ0n) is 9.77. The third-order valence-corrected chi connectivity index (χ3v) is 1.94. The molecule has 0 saturated heterocycles. The maximum atomic E-state index is 11.3. The molecule has 2 N–H and O–H groups in total. The zero-order chi connectivity index (χ0) is 12.1. The minimum atomic E-state index is -0.589. The van der Waals surface area contributed by atoms with E-state index < -0.39 is 5.97 Å². The predicted molar refractivity (Wildman–Crippen MR) is 56.6 cm³/mol. The van der Waals surface area contributed by atoms with Crippen molar-refractivity contribution in [2.45, 2.75) is 33.2 Å². The van der Waals surface area contributed by atoms with E-state index in [1.807, 2.05) is 13.8 Å². The van der Waals surface area contributed by atoms with Gasteiger partial charge in [0.25, 0.3) is 5.82 Å². The lowest BCUT2D eigenvalue weighted by Crippen LogP contribution is -2.14. The van der Waals surface area contributed by atoms with Crippen LogP contribution < -0.4 is 5.73 Å². The largest absolute Gasteiger partial charge is 0.460 e. The Kier molecular flexibility index (Phi) is 4.42. The molecule has 6 heteroatoms. The molecule has 16 heavy (non-hydrogen) atoms. The molecular weight excluding hydrogens is 210 g/mol. The Morgan fingerprint density at radius 2 is 2.25 bits per heavy atom. The van der Waals surface area contributed by atoms with E-state index in [2.05, 4.69) is 10.1 Å². The third-order valence-electron chi connectivity index (χ3n) is 1.94. The van der Waals surface area contributed by atoms with E-state index in [0.29, 0.717) is 5.92 Å². The summed E-state index contributed by atoms with van der Waals surface area (Å²) in [4.78, 5) is 15.2. The number of nitrogens with zero attached hydrogens (tertiary/aromatic N) is 2. The maximum absolute atomic E-state index is 11.3. The van der Waals surface area contributed by atoms with E-state index in [-0.39, 0.29) is 24.4 Å². The Morgan fingerprint density at radius 3 is 2.81 bits per heavy atom. The van der Waals surface area contributed by atoms with Gasteiger partial charge in [-0.2, -0.15) is 4.98 Å². The molecule has 0 saturated carbocycles. The zero-order valence-corrected chi connectivity index (χ0v) is 9.77. The van der Waals surface area contributed by atoms with Crippen molar-refractivity contribution >= 4 is 5.97 Å². The summed E-state index contributed by atoms with van der Waals surface area (Å²) in [5.41, 5.74) is 5.84. The second kappa shape index (κ2) is 5.60. The topological polar surface area (TPSA) is 91.2 Å². The van der Waals surface area contributed by atoms with Crippen molar-refractivity contribution < 1.29 is 14.1 Å². The van der Waals surface area contributed by atoms with E-state index in [1.165, 1.54) is 0 Å². The van der Waals surface area contributed by atoms with E-state index in [1.54, 1.807) is 6.92 Å². The highest BCUT2D eigenvalue weighted by Crippen LogP contribution is 2.16. The summed E-state index contributed by atoms with van der Waals surface area (Å²) >= 11 is 0. The van der Waals surface area contributed by atoms with Crippen LogP contribution in [-0.2, 0) is 4.74 Å². The van der Waals surface area contributed by atoms with Crippen LogP contribution in [0, 0.1) is 5.92 Å². The van der Waals surface area contributed by atoms with Crippen molar-refractivity contribution in [3.05, 3.63) is 11.7 Å². The van der Waals surface area contributed by atoms with E-state index in [0.717, 1.165) is 6.42 Å². The van der Waals surface area contributed by atoms with Gasteiger partial charge in [-0.25, -0.2) is 4.79 Å². The highest BCUT2D eigenvalue weighted by molar-refractivity contribution is 5.84. The predicted octanol–water partition coefficient (Wildman–Crippen LogP) is 1.29. The fourth-order valence-corrected chi connectivity index (χ4v) is 1.27. The number of rotatable bonds is 5. The molecule has 0 amide bonds. The Balaban J connectivity index is 2.67. The molecular formula is C10H17N3O3. The van der Waals surface area contributed by atoms with E-state index in [9.17, 15) is 4.79 Å². The van der Waals surface area contributed by atoms with Crippen LogP contribution in [0.25, 0.3) is 0 Å². The fourth-order valence-electron chi connectivity index (χ4n) is 1.27. The summed E-state index contributed by atoms with van der Waals surface area (Å²) in [6.45, 7) is 6.08. The Hall–Kier alpha value is -1.43. The monoisotopic (exact) mass is 227 g/mol. The van der Waals surface area contributed by atoms with Gasteiger partial charge in [0.15, 0.2) is 0 Å². The standard InChI is InChI=1S/C10H17N3O3/c1-4-15-10(14)8-12-9(16-13-8)7(11)5-6(2)3/h6-7H,4-5,11H2,1-3H3/t7-/m1/s1. The maximum Gasteiger partial charge on any atom is 0.379 e. The van der Waals surface area contributed by atoms with Crippen LogP contribution >= 0.6 is 0 Å². The summed E-state index contributed by atoms with van der Waals surface area (Å²) in [5.74, 6) is 0.0370. The quantitative estimate of drug-likeness (QED) is 0.762. The van der Waals surface area contributed by atoms with E-state index in [4.69, 9.17) is 15.0 Å². The second-order valence-corrected chi connectivity index (χ2v) is 3.91. The van der Waals surface area contributed by atoms with Crippen LogP contribution in [-0.4, -0.2) is 22.7 Å². The molecule has 0 fully saturated rings. The molecule has 0 aliphatic carbocycles. The van der Waals surface area contributed by atoms with Crippen LogP contribution in [0.15, 0.2) is 4.52 Å². The van der Waals surface area contributed by atoms with Crippen LogP contribution in [0.4, 0.5) is 0 Å². The van der Waals surface area contributed by atoms with Gasteiger partial charge < -0.3 is 15.0 Å². The average molecular weight is 227 g/mol. The van der Waals surface area contributed by atoms with Crippen molar-refractivity contribution in [2.24, 2.45) is 11.7 Å². The molecule has 0 aromatic carbocycles. The molecule has 0 aliphatic rings. The number of nitrogens with two attached hydrogens (primary N) is 1. The molecule has 0 unspecified atom stereocenters. The molecule has 0 radical (unpaired) electrons. The summed E-state index contributed by atoms with van der Waals surface area (Å²) in [5, 5.41) is 3.52. The lowest BCUT2D eigenvalue weighted by Gasteiger charge is -2.08. The van der Waals surface area contributed by atoms with Gasteiger partial charge in [0, 0.05) is 0 Å². The highest BCUT2D eigenvalue weighted by atomic mass is 16.5. The number of aromatic nitrogens is 2. The highest BCUT2D eigenvalue weighted by Gasteiger charge is 2.20. The number of carbonyl (C=O) groups excluding carboxylic acids is 1. The van der Waals surface area contributed by atoms with Gasteiger partial charge in [-0.1, -0.05) is 13.8 Å². The molecule has 1 heterocycles. The second-order valence-electron chi connectivity index (χ2n) is 3.91. The number of carbonyl (C=O) groups is 1. The number of esters is 1. The average Bonchev–Trinajstić information content (AvgIpc) is 2.65. The van der Waals surface area contributed by atoms with Gasteiger partial charge in [-0.05, 0) is 24.4 Å². The molecule has 6 nitrogen and oxygen atoms in total. The van der Waals surface area contributed by atoms with Crippen molar-refractivity contribution in [3.8, 4) is 0 Å². The number of hydrogen-bond acceptors (Lipinski definition) is 6. The van der Waals surface area contributed by atoms with Crippen molar-refractivity contribution in [1.29, 1.82) is 0 Å². The minimum absolute atomic E-state index is 0.0731. The Morgan fingerprint density at radius 1 is 1.56 bits per heavy atom. The molecule has 0 spiro atoms. The fraction of sp³-hybridized carbons (Fsp3) is 0.700. The summed E-state index contributed by atoms with van der Waals surface area (Å²) < 4.78 is 9.65. The first-order valence-corrected chi connectivity index (χ1v) is 5.30. The van der Waals surface area contributed by atoms with Crippen LogP contribution in [0.1, 0.15) is 49.7 Å². The van der Waals surface area contributed by atoms with Crippen LogP contribution in [0.3, 0.4) is 0 Å². The van der Waals surface area contributed by atoms with E-state index >= 15 is 0 Å². The lowest BCUT2D eigenvalue weighted by atomic mass is 10.0. The van der Waals surface area contributed by atoms with Gasteiger partial charge in [-0.15, -0.1) is 0 Å². The first kappa shape index (κ1) is 12.6. The van der Waals surface area contributed by atoms with Crippen LogP contribution in [0.2, 0.25) is 0 Å². The van der Waals surface area contributed by atoms with Gasteiger partial charge in [0.2, 0.25) is 5.89 Å². The smallest absolute Gasteiger partial charge is 0.379 e. The summed E-state index contributed by atoms with van der Waals surface area (Å²) in [6.07, 6.45) is 0.727. The van der Waals surface area contributed by atoms with Crippen molar-refractivity contribution in [1.82, 2.24) is 10.1 Å². The van der Waals surface area contributed by atoms with Gasteiger partial charge in [0.05, 0.1) is 12.6 Å². The van der Waals surface area contributed by atoms with Crippen molar-refractivity contribution in [3.63, 3.8) is 0 Å². The third kappa shape index (κ3) is 3.30. The number of hydrogen-bond donors (Lipinski definition) is 1. The SMILES string of the molecule is CCOC(=O)c1noc([C@H](N)CC(C)C)n1.